The van der Waals surface area contributed by atoms with E-state index in [0.717, 1.165) is 6.42 Å². The number of rotatable bonds is 0. The quantitative estimate of drug-likeness (QED) is 0.541. The van der Waals surface area contributed by atoms with Crippen LogP contribution in [0.3, 0.4) is 0 Å². The van der Waals surface area contributed by atoms with E-state index < -0.39 is 0 Å². The first-order valence-electron chi connectivity index (χ1n) is 5.02. The number of hydrogen-bond acceptors (Lipinski definition) is 1. The Morgan fingerprint density at radius 3 is 2.58 bits per heavy atom. The van der Waals surface area contributed by atoms with E-state index >= 15 is 0 Å². The molecular formula is C11H18O. The van der Waals surface area contributed by atoms with Gasteiger partial charge in [0.15, 0.2) is 0 Å². The molecule has 0 heterocycles. The highest BCUT2D eigenvalue weighted by Gasteiger charge is 2.58. The van der Waals surface area contributed by atoms with Crippen molar-refractivity contribution in [2.24, 2.45) is 16.7 Å². The first kappa shape index (κ1) is 8.28. The molecule has 1 nitrogen and oxygen atoms in total. The Hall–Kier alpha value is -0.330. The highest BCUT2D eigenvalue weighted by Crippen LogP contribution is 2.63. The van der Waals surface area contributed by atoms with Gasteiger partial charge in [-0.25, -0.2) is 0 Å². The molecule has 0 spiro atoms. The summed E-state index contributed by atoms with van der Waals surface area (Å²) in [5.41, 5.74) is 0.660. The molecule has 68 valence electrons. The molecule has 0 aromatic carbocycles. The van der Waals surface area contributed by atoms with Gasteiger partial charge < -0.3 is 0 Å². The third kappa shape index (κ3) is 0.725. The maximum absolute atomic E-state index is 11.6. The summed E-state index contributed by atoms with van der Waals surface area (Å²) in [6, 6.07) is 0. The van der Waals surface area contributed by atoms with E-state index in [1.807, 2.05) is 0 Å². The topological polar surface area (TPSA) is 17.1 Å². The van der Waals surface area contributed by atoms with E-state index in [-0.39, 0.29) is 0 Å². The molecule has 2 rings (SSSR count). The van der Waals surface area contributed by atoms with Gasteiger partial charge in [0.25, 0.3) is 0 Å². The molecule has 2 fully saturated rings. The van der Waals surface area contributed by atoms with Gasteiger partial charge in [-0.2, -0.15) is 0 Å². The van der Waals surface area contributed by atoms with Crippen molar-refractivity contribution >= 4 is 5.78 Å². The molecule has 2 saturated carbocycles. The lowest BCUT2D eigenvalue weighted by Gasteiger charge is -2.36. The maximum atomic E-state index is 11.6. The van der Waals surface area contributed by atoms with Crippen LogP contribution in [0.4, 0.5) is 0 Å². The lowest BCUT2D eigenvalue weighted by atomic mass is 9.67. The van der Waals surface area contributed by atoms with Gasteiger partial charge in [-0.05, 0) is 23.7 Å². The van der Waals surface area contributed by atoms with Gasteiger partial charge in [0.1, 0.15) is 5.78 Å². The van der Waals surface area contributed by atoms with Gasteiger partial charge in [-0.1, -0.05) is 27.2 Å². The van der Waals surface area contributed by atoms with Crippen LogP contribution in [0.5, 0.6) is 0 Å². The fraction of sp³-hybridized carbons (Fsp3) is 0.909. The van der Waals surface area contributed by atoms with E-state index in [1.54, 1.807) is 0 Å². The zero-order valence-electron chi connectivity index (χ0n) is 8.31. The molecule has 2 aliphatic rings. The largest absolute Gasteiger partial charge is 0.299 e. The van der Waals surface area contributed by atoms with Gasteiger partial charge in [-0.15, -0.1) is 0 Å². The minimum Gasteiger partial charge on any atom is -0.299 e. The molecule has 0 aromatic rings. The van der Waals surface area contributed by atoms with E-state index in [9.17, 15) is 4.79 Å². The fourth-order valence-electron chi connectivity index (χ4n) is 3.36. The SMILES string of the molecule is CC1C(=O)CC2(C)CCCC12C. The predicted molar refractivity (Wildman–Crippen MR) is 48.9 cm³/mol. The van der Waals surface area contributed by atoms with Crippen molar-refractivity contribution in [2.75, 3.05) is 0 Å². The van der Waals surface area contributed by atoms with Crippen molar-refractivity contribution in [3.8, 4) is 0 Å². The van der Waals surface area contributed by atoms with Gasteiger partial charge >= 0.3 is 0 Å². The molecule has 12 heavy (non-hydrogen) atoms. The van der Waals surface area contributed by atoms with Gasteiger partial charge in [0.2, 0.25) is 0 Å². The highest BCUT2D eigenvalue weighted by molar-refractivity contribution is 5.85. The molecule has 1 heteroatoms. The Balaban J connectivity index is 2.41. The summed E-state index contributed by atoms with van der Waals surface area (Å²) in [6.45, 7) is 6.75. The molecule has 2 aliphatic carbocycles. The van der Waals surface area contributed by atoms with Gasteiger partial charge in [-0.3, -0.25) is 4.79 Å². The van der Waals surface area contributed by atoms with Crippen LogP contribution in [0.25, 0.3) is 0 Å². The summed E-state index contributed by atoms with van der Waals surface area (Å²) in [4.78, 5) is 11.6. The second-order valence-corrected chi connectivity index (χ2v) is 5.20. The second-order valence-electron chi connectivity index (χ2n) is 5.20. The maximum Gasteiger partial charge on any atom is 0.136 e. The number of fused-ring (bicyclic) bond motifs is 1. The summed E-state index contributed by atoms with van der Waals surface area (Å²) in [5.74, 6) is 0.810. The minimum absolute atomic E-state index is 0.310. The van der Waals surface area contributed by atoms with E-state index in [4.69, 9.17) is 0 Å². The van der Waals surface area contributed by atoms with Crippen LogP contribution in [0, 0.1) is 16.7 Å². The van der Waals surface area contributed by atoms with Crippen molar-refractivity contribution in [3.05, 3.63) is 0 Å². The van der Waals surface area contributed by atoms with Crippen molar-refractivity contribution in [1.82, 2.24) is 0 Å². The smallest absolute Gasteiger partial charge is 0.136 e. The number of hydrogen-bond donors (Lipinski definition) is 0. The summed E-state index contributed by atoms with van der Waals surface area (Å²) >= 11 is 0. The molecule has 0 aliphatic heterocycles. The summed E-state index contributed by atoms with van der Waals surface area (Å²) in [5, 5.41) is 0. The van der Waals surface area contributed by atoms with Crippen LogP contribution in [0.15, 0.2) is 0 Å². The summed E-state index contributed by atoms with van der Waals surface area (Å²) < 4.78 is 0. The average Bonchev–Trinajstić information content (AvgIpc) is 2.34. The van der Waals surface area contributed by atoms with Crippen molar-refractivity contribution in [3.63, 3.8) is 0 Å². The fourth-order valence-corrected chi connectivity index (χ4v) is 3.36. The molecule has 0 bridgehead atoms. The number of carbonyl (C=O) groups is 1. The molecule has 0 amide bonds. The monoisotopic (exact) mass is 166 g/mol. The molecule has 0 N–H and O–H groups in total. The zero-order valence-corrected chi connectivity index (χ0v) is 8.31. The highest BCUT2D eigenvalue weighted by atomic mass is 16.1. The van der Waals surface area contributed by atoms with E-state index in [1.165, 1.54) is 19.3 Å². The Bertz CT molecular complexity index is 233. The first-order chi connectivity index (χ1) is 5.50. The molecule has 0 aromatic heterocycles. The summed E-state index contributed by atoms with van der Waals surface area (Å²) in [7, 11) is 0. The van der Waals surface area contributed by atoms with Crippen LogP contribution in [0.1, 0.15) is 46.5 Å². The number of Topliss-reactive ketones (excluding diaryl/α,β-unsaturated/α-hetero) is 1. The Kier molecular flexibility index (Phi) is 1.47. The molecule has 3 unspecified atom stereocenters. The molecule has 0 radical (unpaired) electrons. The predicted octanol–water partition coefficient (Wildman–Crippen LogP) is 2.79. The Morgan fingerprint density at radius 2 is 2.00 bits per heavy atom. The normalized spacial score (nSPS) is 52.9. The lowest BCUT2D eigenvalue weighted by Crippen LogP contribution is -2.30. The van der Waals surface area contributed by atoms with Gasteiger partial charge in [0.05, 0.1) is 0 Å². The first-order valence-corrected chi connectivity index (χ1v) is 5.02. The van der Waals surface area contributed by atoms with Gasteiger partial charge in [0, 0.05) is 12.3 Å². The number of ketones is 1. The van der Waals surface area contributed by atoms with Crippen LogP contribution in [-0.4, -0.2) is 5.78 Å². The minimum atomic E-state index is 0.310. The second kappa shape index (κ2) is 2.12. The standard InChI is InChI=1S/C11H18O/c1-8-9(12)7-10(2)5-4-6-11(8,10)3/h8H,4-7H2,1-3H3. The Labute approximate surface area is 74.5 Å². The van der Waals surface area contributed by atoms with Crippen molar-refractivity contribution in [2.45, 2.75) is 46.5 Å². The summed E-state index contributed by atoms with van der Waals surface area (Å²) in [6.07, 6.45) is 4.69. The third-order valence-electron chi connectivity index (χ3n) is 4.81. The zero-order chi connectivity index (χ0) is 8.98. The third-order valence-corrected chi connectivity index (χ3v) is 4.81. The van der Waals surface area contributed by atoms with Crippen molar-refractivity contribution in [1.29, 1.82) is 0 Å². The number of carbonyl (C=O) groups excluding carboxylic acids is 1. The van der Waals surface area contributed by atoms with Crippen LogP contribution >= 0.6 is 0 Å². The van der Waals surface area contributed by atoms with Crippen LogP contribution in [0.2, 0.25) is 0 Å². The molecular weight excluding hydrogens is 148 g/mol. The average molecular weight is 166 g/mol. The van der Waals surface area contributed by atoms with Crippen LogP contribution in [-0.2, 0) is 4.79 Å². The molecule has 0 saturated heterocycles. The van der Waals surface area contributed by atoms with Crippen LogP contribution < -0.4 is 0 Å². The lowest BCUT2D eigenvalue weighted by molar-refractivity contribution is -0.121. The Morgan fingerprint density at radius 1 is 1.33 bits per heavy atom. The molecule has 3 atom stereocenters. The van der Waals surface area contributed by atoms with Crippen molar-refractivity contribution < 1.29 is 4.79 Å². The van der Waals surface area contributed by atoms with E-state index in [0.29, 0.717) is 22.5 Å². The van der Waals surface area contributed by atoms with E-state index in [2.05, 4.69) is 20.8 Å².